The van der Waals surface area contributed by atoms with Crippen molar-refractivity contribution in [1.29, 1.82) is 0 Å². The molecule has 0 aliphatic carbocycles. The van der Waals surface area contributed by atoms with E-state index in [1.165, 1.54) is 0 Å². The molecule has 0 aliphatic rings. The highest BCUT2D eigenvalue weighted by Crippen LogP contribution is 2.31. The standard InChI is InChI=1S/C22H19N3O3/c1-25-19-10-9-15(21(23)24-28)12-17(19)18(20(25)22(26)27)11-14-7-4-6-13-5-2-3-8-16(13)14/h2-10,12,28H,11H2,1H3,(H2,23,24)(H,26,27). The lowest BCUT2D eigenvalue weighted by molar-refractivity contribution is 0.0686. The number of carboxylic acids is 1. The number of aryl methyl sites for hydroxylation is 1. The highest BCUT2D eigenvalue weighted by molar-refractivity contribution is 6.04. The Balaban J connectivity index is 1.98. The van der Waals surface area contributed by atoms with Gasteiger partial charge >= 0.3 is 5.97 Å². The molecule has 0 bridgehead atoms. The van der Waals surface area contributed by atoms with Crippen LogP contribution in [0.25, 0.3) is 21.7 Å². The first-order valence-electron chi connectivity index (χ1n) is 8.80. The van der Waals surface area contributed by atoms with Crippen LogP contribution in [0.15, 0.2) is 65.8 Å². The van der Waals surface area contributed by atoms with E-state index >= 15 is 0 Å². The Labute approximate surface area is 161 Å². The summed E-state index contributed by atoms with van der Waals surface area (Å²) >= 11 is 0. The number of amidine groups is 1. The third-order valence-corrected chi connectivity index (χ3v) is 5.16. The molecule has 3 aromatic carbocycles. The van der Waals surface area contributed by atoms with Crippen molar-refractivity contribution in [3.63, 3.8) is 0 Å². The summed E-state index contributed by atoms with van der Waals surface area (Å²) in [6.45, 7) is 0. The van der Waals surface area contributed by atoms with Crippen molar-refractivity contribution in [3.05, 3.63) is 83.0 Å². The fraction of sp³-hybridized carbons (Fsp3) is 0.0909. The number of carboxylic acid groups (broad SMARTS) is 1. The maximum absolute atomic E-state index is 12.0. The molecule has 6 nitrogen and oxygen atoms in total. The number of aromatic nitrogens is 1. The van der Waals surface area contributed by atoms with Gasteiger partial charge in [0.05, 0.1) is 0 Å². The van der Waals surface area contributed by atoms with E-state index in [0.29, 0.717) is 17.5 Å². The number of nitrogens with two attached hydrogens (primary N) is 1. The van der Waals surface area contributed by atoms with Crippen LogP contribution in [0.3, 0.4) is 0 Å². The smallest absolute Gasteiger partial charge is 0.352 e. The average Bonchev–Trinajstić information content (AvgIpc) is 2.99. The van der Waals surface area contributed by atoms with E-state index in [2.05, 4.69) is 5.16 Å². The second kappa shape index (κ2) is 6.74. The van der Waals surface area contributed by atoms with Crippen LogP contribution < -0.4 is 5.73 Å². The summed E-state index contributed by atoms with van der Waals surface area (Å²) in [4.78, 5) is 12.0. The second-order valence-corrected chi connectivity index (χ2v) is 6.72. The van der Waals surface area contributed by atoms with E-state index in [-0.39, 0.29) is 11.5 Å². The van der Waals surface area contributed by atoms with Gasteiger partial charge in [-0.25, -0.2) is 4.79 Å². The molecule has 0 atom stereocenters. The first-order valence-corrected chi connectivity index (χ1v) is 8.80. The largest absolute Gasteiger partial charge is 0.477 e. The summed E-state index contributed by atoms with van der Waals surface area (Å²) in [7, 11) is 1.74. The summed E-state index contributed by atoms with van der Waals surface area (Å²) in [6, 6.07) is 19.3. The molecule has 0 radical (unpaired) electrons. The zero-order valence-corrected chi connectivity index (χ0v) is 15.3. The number of benzene rings is 3. The van der Waals surface area contributed by atoms with Crippen molar-refractivity contribution in [2.75, 3.05) is 0 Å². The van der Waals surface area contributed by atoms with E-state index in [1.54, 1.807) is 29.8 Å². The van der Waals surface area contributed by atoms with Gasteiger partial charge in [0.15, 0.2) is 5.84 Å². The molecule has 1 heterocycles. The SMILES string of the molecule is Cn1c(C(=O)O)c(Cc2cccc3ccccc23)c2cc(/C(N)=N/O)ccc21. The normalized spacial score (nSPS) is 12.0. The molecule has 0 amide bonds. The number of carbonyl (C=O) groups is 1. The minimum atomic E-state index is -0.987. The summed E-state index contributed by atoms with van der Waals surface area (Å²) in [5.41, 5.74) is 9.04. The van der Waals surface area contributed by atoms with Crippen LogP contribution >= 0.6 is 0 Å². The van der Waals surface area contributed by atoms with Crippen LogP contribution in [0.4, 0.5) is 0 Å². The van der Waals surface area contributed by atoms with Crippen LogP contribution in [-0.4, -0.2) is 26.7 Å². The van der Waals surface area contributed by atoms with Crippen LogP contribution in [0, 0.1) is 0 Å². The minimum absolute atomic E-state index is 0.0151. The maximum atomic E-state index is 12.0. The third-order valence-electron chi connectivity index (χ3n) is 5.16. The topological polar surface area (TPSA) is 101 Å². The summed E-state index contributed by atoms with van der Waals surface area (Å²) in [6.07, 6.45) is 0.458. The number of rotatable bonds is 4. The lowest BCUT2D eigenvalue weighted by atomic mass is 9.96. The van der Waals surface area contributed by atoms with Gasteiger partial charge in [0.2, 0.25) is 0 Å². The highest BCUT2D eigenvalue weighted by Gasteiger charge is 2.22. The van der Waals surface area contributed by atoms with Gasteiger partial charge in [0, 0.05) is 29.9 Å². The minimum Gasteiger partial charge on any atom is -0.477 e. The Kier molecular flexibility index (Phi) is 4.24. The number of oxime groups is 1. The van der Waals surface area contributed by atoms with Crippen molar-refractivity contribution in [1.82, 2.24) is 4.57 Å². The number of hydrogen-bond acceptors (Lipinski definition) is 3. The molecule has 0 unspecified atom stereocenters. The zero-order valence-electron chi connectivity index (χ0n) is 15.3. The van der Waals surface area contributed by atoms with E-state index in [1.807, 2.05) is 42.5 Å². The highest BCUT2D eigenvalue weighted by atomic mass is 16.4. The van der Waals surface area contributed by atoms with Gasteiger partial charge in [0.25, 0.3) is 0 Å². The molecule has 28 heavy (non-hydrogen) atoms. The molecule has 6 heteroatoms. The molecular weight excluding hydrogens is 354 g/mol. The van der Waals surface area contributed by atoms with E-state index < -0.39 is 5.97 Å². The Morgan fingerprint density at radius 1 is 1.07 bits per heavy atom. The lowest BCUT2D eigenvalue weighted by Crippen LogP contribution is -2.12. The van der Waals surface area contributed by atoms with Gasteiger partial charge in [0.1, 0.15) is 5.69 Å². The molecule has 4 aromatic rings. The Morgan fingerprint density at radius 2 is 1.82 bits per heavy atom. The van der Waals surface area contributed by atoms with E-state index in [4.69, 9.17) is 10.9 Å². The maximum Gasteiger partial charge on any atom is 0.352 e. The Morgan fingerprint density at radius 3 is 2.57 bits per heavy atom. The molecule has 140 valence electrons. The van der Waals surface area contributed by atoms with Crippen molar-refractivity contribution in [2.24, 2.45) is 17.9 Å². The molecule has 0 fully saturated rings. The first kappa shape index (κ1) is 17.6. The van der Waals surface area contributed by atoms with Gasteiger partial charge in [-0.05, 0) is 40.1 Å². The molecule has 0 saturated heterocycles. The molecule has 0 aliphatic heterocycles. The van der Waals surface area contributed by atoms with E-state index in [0.717, 1.165) is 27.2 Å². The van der Waals surface area contributed by atoms with Crippen molar-refractivity contribution in [3.8, 4) is 0 Å². The number of fused-ring (bicyclic) bond motifs is 2. The first-order chi connectivity index (χ1) is 13.5. The summed E-state index contributed by atoms with van der Waals surface area (Å²) in [5.74, 6) is -1.00. The second-order valence-electron chi connectivity index (χ2n) is 6.72. The van der Waals surface area contributed by atoms with Crippen molar-refractivity contribution < 1.29 is 15.1 Å². The predicted molar refractivity (Wildman–Crippen MR) is 109 cm³/mol. The molecule has 1 aromatic heterocycles. The van der Waals surface area contributed by atoms with Gasteiger partial charge < -0.3 is 20.6 Å². The molecular formula is C22H19N3O3. The van der Waals surface area contributed by atoms with Crippen molar-refractivity contribution in [2.45, 2.75) is 6.42 Å². The van der Waals surface area contributed by atoms with E-state index in [9.17, 15) is 9.90 Å². The predicted octanol–water partition coefficient (Wildman–Crippen LogP) is 3.72. The summed E-state index contributed by atoms with van der Waals surface area (Å²) in [5, 5.41) is 24.9. The van der Waals surface area contributed by atoms with Gasteiger partial charge in [-0.3, -0.25) is 0 Å². The Hall–Kier alpha value is -3.80. The monoisotopic (exact) mass is 373 g/mol. The number of aromatic carboxylic acids is 1. The van der Waals surface area contributed by atoms with Gasteiger partial charge in [-0.15, -0.1) is 0 Å². The molecule has 0 spiro atoms. The number of hydrogen-bond donors (Lipinski definition) is 3. The fourth-order valence-corrected chi connectivity index (χ4v) is 3.83. The zero-order chi connectivity index (χ0) is 19.8. The lowest BCUT2D eigenvalue weighted by Gasteiger charge is -2.08. The Bertz CT molecular complexity index is 1250. The van der Waals surface area contributed by atoms with Gasteiger partial charge in [-0.1, -0.05) is 47.6 Å². The molecule has 4 N–H and O–H groups in total. The van der Waals surface area contributed by atoms with Crippen LogP contribution in [0.5, 0.6) is 0 Å². The van der Waals surface area contributed by atoms with Crippen LogP contribution in [0.1, 0.15) is 27.2 Å². The van der Waals surface area contributed by atoms with Crippen molar-refractivity contribution >= 4 is 33.5 Å². The fourth-order valence-electron chi connectivity index (χ4n) is 3.83. The van der Waals surface area contributed by atoms with Gasteiger partial charge in [-0.2, -0.15) is 0 Å². The summed E-state index contributed by atoms with van der Waals surface area (Å²) < 4.78 is 1.67. The molecule has 0 saturated carbocycles. The average molecular weight is 373 g/mol. The quantitative estimate of drug-likeness (QED) is 0.220. The van der Waals surface area contributed by atoms with Crippen LogP contribution in [-0.2, 0) is 13.5 Å². The van der Waals surface area contributed by atoms with Crippen LogP contribution in [0.2, 0.25) is 0 Å². The number of nitrogens with zero attached hydrogens (tertiary/aromatic N) is 2. The third kappa shape index (κ3) is 2.75. The molecule has 4 rings (SSSR count).